The van der Waals surface area contributed by atoms with Crippen LogP contribution in [0.25, 0.3) is 10.4 Å². The van der Waals surface area contributed by atoms with E-state index in [1.807, 2.05) is 29.7 Å². The molecule has 0 spiro atoms. The van der Waals surface area contributed by atoms with Gasteiger partial charge in [0.2, 0.25) is 0 Å². The number of rotatable bonds is 6. The van der Waals surface area contributed by atoms with Crippen molar-refractivity contribution in [2.75, 3.05) is 27.3 Å². The number of fused-ring (bicyclic) bond motifs is 1. The van der Waals surface area contributed by atoms with E-state index in [9.17, 15) is 0 Å². The fourth-order valence-corrected chi connectivity index (χ4v) is 5.40. The van der Waals surface area contributed by atoms with Gasteiger partial charge in [0.25, 0.3) is 0 Å². The number of nitrogens with zero attached hydrogens (tertiary/aromatic N) is 4. The SMILES string of the molecule is COc1ccc(-c2ccc(CN3CCc4nc(C5=NCCCC5)ncc4C3)s2)cc1OC. The Morgan fingerprint density at radius 1 is 1.03 bits per heavy atom. The summed E-state index contributed by atoms with van der Waals surface area (Å²) in [6.45, 7) is 3.76. The van der Waals surface area contributed by atoms with E-state index in [0.29, 0.717) is 0 Å². The second-order valence-corrected chi connectivity index (χ2v) is 9.42. The Labute approximate surface area is 193 Å². The number of methoxy groups -OCH3 is 2. The Hall–Kier alpha value is -2.77. The van der Waals surface area contributed by atoms with E-state index in [2.05, 4.69) is 33.1 Å². The zero-order valence-electron chi connectivity index (χ0n) is 18.6. The molecule has 166 valence electrons. The van der Waals surface area contributed by atoms with Gasteiger partial charge >= 0.3 is 0 Å². The van der Waals surface area contributed by atoms with Crippen LogP contribution < -0.4 is 9.47 Å². The second-order valence-electron chi connectivity index (χ2n) is 8.25. The van der Waals surface area contributed by atoms with Gasteiger partial charge in [-0.1, -0.05) is 0 Å². The van der Waals surface area contributed by atoms with Crippen LogP contribution >= 0.6 is 11.3 Å². The summed E-state index contributed by atoms with van der Waals surface area (Å²) in [4.78, 5) is 19.2. The van der Waals surface area contributed by atoms with Crippen LogP contribution in [0.15, 0.2) is 41.5 Å². The fourth-order valence-electron chi connectivity index (χ4n) is 4.36. The molecule has 4 heterocycles. The third-order valence-corrected chi connectivity index (χ3v) is 7.22. The summed E-state index contributed by atoms with van der Waals surface area (Å²) >= 11 is 1.83. The molecule has 5 rings (SSSR count). The van der Waals surface area contributed by atoms with Gasteiger partial charge in [-0.15, -0.1) is 11.3 Å². The zero-order chi connectivity index (χ0) is 21.9. The maximum atomic E-state index is 5.46. The molecule has 0 fully saturated rings. The van der Waals surface area contributed by atoms with Crippen molar-refractivity contribution >= 4 is 17.0 Å². The van der Waals surface area contributed by atoms with E-state index in [1.54, 1.807) is 14.2 Å². The molecule has 32 heavy (non-hydrogen) atoms. The minimum absolute atomic E-state index is 0.751. The molecule has 7 heteroatoms. The van der Waals surface area contributed by atoms with Crippen LogP contribution in [0.5, 0.6) is 11.5 Å². The van der Waals surface area contributed by atoms with Gasteiger partial charge < -0.3 is 9.47 Å². The van der Waals surface area contributed by atoms with E-state index in [1.165, 1.54) is 33.9 Å². The zero-order valence-corrected chi connectivity index (χ0v) is 19.5. The minimum Gasteiger partial charge on any atom is -0.493 e. The maximum Gasteiger partial charge on any atom is 0.173 e. The molecule has 2 aliphatic rings. The van der Waals surface area contributed by atoms with Gasteiger partial charge in [-0.25, -0.2) is 9.97 Å². The van der Waals surface area contributed by atoms with E-state index in [4.69, 9.17) is 14.5 Å². The Kier molecular flexibility index (Phi) is 6.19. The molecule has 0 radical (unpaired) electrons. The molecule has 0 bridgehead atoms. The highest BCUT2D eigenvalue weighted by Crippen LogP contribution is 2.36. The van der Waals surface area contributed by atoms with E-state index in [0.717, 1.165) is 67.6 Å². The van der Waals surface area contributed by atoms with Crippen LogP contribution in [0.3, 0.4) is 0 Å². The maximum absolute atomic E-state index is 5.46. The van der Waals surface area contributed by atoms with Crippen molar-refractivity contribution in [1.29, 1.82) is 0 Å². The van der Waals surface area contributed by atoms with Gasteiger partial charge in [-0.05, 0) is 55.2 Å². The highest BCUT2D eigenvalue weighted by Gasteiger charge is 2.21. The quantitative estimate of drug-likeness (QED) is 0.544. The molecule has 0 saturated heterocycles. The highest BCUT2D eigenvalue weighted by atomic mass is 32.1. The summed E-state index contributed by atoms with van der Waals surface area (Å²) in [7, 11) is 3.33. The van der Waals surface area contributed by atoms with Crippen LogP contribution in [0.1, 0.15) is 41.2 Å². The third-order valence-electron chi connectivity index (χ3n) is 6.10. The number of hydrogen-bond acceptors (Lipinski definition) is 7. The summed E-state index contributed by atoms with van der Waals surface area (Å²) < 4.78 is 10.8. The fraction of sp³-hybridized carbons (Fsp3) is 0.400. The summed E-state index contributed by atoms with van der Waals surface area (Å²) in [5, 5.41) is 0. The van der Waals surface area contributed by atoms with Gasteiger partial charge in [0.1, 0.15) is 0 Å². The van der Waals surface area contributed by atoms with Crippen LogP contribution in [0.2, 0.25) is 0 Å². The number of ether oxygens (including phenoxy) is 2. The van der Waals surface area contributed by atoms with Crippen LogP contribution in [0.4, 0.5) is 0 Å². The van der Waals surface area contributed by atoms with Crippen molar-refractivity contribution in [3.8, 4) is 21.9 Å². The van der Waals surface area contributed by atoms with Crippen molar-refractivity contribution < 1.29 is 9.47 Å². The number of aromatic nitrogens is 2. The third kappa shape index (κ3) is 4.40. The first-order valence-electron chi connectivity index (χ1n) is 11.2. The molecular formula is C25H28N4O2S. The number of thiophene rings is 1. The summed E-state index contributed by atoms with van der Waals surface area (Å²) in [5.41, 5.74) is 4.67. The lowest BCUT2D eigenvalue weighted by molar-refractivity contribution is 0.245. The lowest BCUT2D eigenvalue weighted by Crippen LogP contribution is -2.31. The smallest absolute Gasteiger partial charge is 0.173 e. The Balaban J connectivity index is 1.27. The molecule has 0 atom stereocenters. The summed E-state index contributed by atoms with van der Waals surface area (Å²) in [5.74, 6) is 2.35. The van der Waals surface area contributed by atoms with E-state index < -0.39 is 0 Å². The van der Waals surface area contributed by atoms with Crippen molar-refractivity contribution in [2.45, 2.75) is 38.8 Å². The highest BCUT2D eigenvalue weighted by molar-refractivity contribution is 7.15. The van der Waals surface area contributed by atoms with Gasteiger partial charge in [-0.3, -0.25) is 9.89 Å². The van der Waals surface area contributed by atoms with Gasteiger partial charge in [-0.2, -0.15) is 0 Å². The van der Waals surface area contributed by atoms with Crippen molar-refractivity contribution in [2.24, 2.45) is 4.99 Å². The lowest BCUT2D eigenvalue weighted by atomic mass is 10.1. The van der Waals surface area contributed by atoms with Crippen LogP contribution in [-0.4, -0.2) is 47.9 Å². The largest absolute Gasteiger partial charge is 0.493 e. The molecule has 0 aliphatic carbocycles. The van der Waals surface area contributed by atoms with Crippen molar-refractivity contribution in [3.63, 3.8) is 0 Å². The predicted octanol–water partition coefficient (Wildman–Crippen LogP) is 4.75. The summed E-state index contributed by atoms with van der Waals surface area (Å²) in [6.07, 6.45) is 6.36. The van der Waals surface area contributed by atoms with Gasteiger partial charge in [0, 0.05) is 54.1 Å². The molecule has 1 aromatic carbocycles. The van der Waals surface area contributed by atoms with E-state index >= 15 is 0 Å². The normalized spacial score (nSPS) is 16.4. The first-order valence-corrected chi connectivity index (χ1v) is 12.0. The molecule has 2 aliphatic heterocycles. The van der Waals surface area contributed by atoms with Gasteiger partial charge in [0.15, 0.2) is 17.3 Å². The van der Waals surface area contributed by atoms with Crippen molar-refractivity contribution in [3.05, 3.63) is 58.5 Å². The Morgan fingerprint density at radius 3 is 2.75 bits per heavy atom. The molecule has 0 unspecified atom stereocenters. The molecule has 0 amide bonds. The average molecular weight is 449 g/mol. The molecule has 0 saturated carbocycles. The second kappa shape index (κ2) is 9.38. The standard InChI is InChI=1S/C25H28N4O2S/c1-30-22-8-6-17(13-23(22)31-2)24-9-7-19(32-24)16-29-12-10-20-18(15-29)14-27-25(28-20)21-5-3-4-11-26-21/h6-9,13-14H,3-5,10-12,15-16H2,1-2H3. The molecular weight excluding hydrogens is 420 g/mol. The molecule has 0 N–H and O–H groups in total. The summed E-state index contributed by atoms with van der Waals surface area (Å²) in [6, 6.07) is 10.5. The molecule has 6 nitrogen and oxygen atoms in total. The minimum atomic E-state index is 0.751. The number of hydrogen-bond donors (Lipinski definition) is 0. The predicted molar refractivity (Wildman–Crippen MR) is 128 cm³/mol. The van der Waals surface area contributed by atoms with Crippen LogP contribution in [0, 0.1) is 0 Å². The Bertz CT molecular complexity index is 1140. The number of aliphatic imine (C=N–C) groups is 1. The average Bonchev–Trinajstić information content (AvgIpc) is 3.32. The first-order chi connectivity index (χ1) is 15.7. The topological polar surface area (TPSA) is 59.8 Å². The van der Waals surface area contributed by atoms with Gasteiger partial charge in [0.05, 0.1) is 25.6 Å². The first kappa shape index (κ1) is 21.1. The van der Waals surface area contributed by atoms with Crippen LogP contribution in [-0.2, 0) is 19.5 Å². The number of benzene rings is 1. The molecule has 3 aromatic rings. The van der Waals surface area contributed by atoms with Crippen molar-refractivity contribution in [1.82, 2.24) is 14.9 Å². The lowest BCUT2D eigenvalue weighted by Gasteiger charge is -2.27. The Morgan fingerprint density at radius 2 is 1.94 bits per heavy atom. The monoisotopic (exact) mass is 448 g/mol. The molecule has 2 aromatic heterocycles. The van der Waals surface area contributed by atoms with E-state index in [-0.39, 0.29) is 0 Å².